The van der Waals surface area contributed by atoms with E-state index in [2.05, 4.69) is 10.2 Å². The molecule has 5 heteroatoms. The molecule has 1 amide bonds. The van der Waals surface area contributed by atoms with Gasteiger partial charge in [0.05, 0.1) is 17.6 Å². The maximum atomic E-state index is 13.9. The molecule has 0 saturated carbocycles. The SMILES string of the molecule is CC(C(=O)N[C@H](CN1CCC(O)C1)c1ccc(F)cc1)(c1ccccc1)c1ccccc1. The maximum Gasteiger partial charge on any atom is 0.235 e. The summed E-state index contributed by atoms with van der Waals surface area (Å²) in [4.78, 5) is 16.0. The number of hydrogen-bond donors (Lipinski definition) is 2. The second-order valence-corrected chi connectivity index (χ2v) is 8.64. The number of carbonyl (C=O) groups excluding carboxylic acids is 1. The van der Waals surface area contributed by atoms with Crippen LogP contribution in [0.25, 0.3) is 0 Å². The van der Waals surface area contributed by atoms with Gasteiger partial charge in [0.25, 0.3) is 0 Å². The zero-order valence-corrected chi connectivity index (χ0v) is 18.2. The van der Waals surface area contributed by atoms with Gasteiger partial charge in [0.1, 0.15) is 5.82 Å². The van der Waals surface area contributed by atoms with Crippen LogP contribution >= 0.6 is 0 Å². The fraction of sp³-hybridized carbons (Fsp3) is 0.296. The summed E-state index contributed by atoms with van der Waals surface area (Å²) in [5, 5.41) is 13.2. The van der Waals surface area contributed by atoms with Crippen LogP contribution in [0.3, 0.4) is 0 Å². The summed E-state index contributed by atoms with van der Waals surface area (Å²) < 4.78 is 13.6. The van der Waals surface area contributed by atoms with Crippen molar-refractivity contribution in [2.24, 2.45) is 0 Å². The van der Waals surface area contributed by atoms with Crippen LogP contribution in [0.5, 0.6) is 0 Å². The summed E-state index contributed by atoms with van der Waals surface area (Å²) in [6.45, 7) is 3.83. The van der Waals surface area contributed by atoms with Crippen LogP contribution < -0.4 is 5.32 Å². The third kappa shape index (κ3) is 4.74. The lowest BCUT2D eigenvalue weighted by Gasteiger charge is -2.33. The highest BCUT2D eigenvalue weighted by molar-refractivity contribution is 5.92. The van der Waals surface area contributed by atoms with Crippen molar-refractivity contribution >= 4 is 5.91 Å². The molecule has 0 spiro atoms. The highest BCUT2D eigenvalue weighted by Crippen LogP contribution is 2.33. The van der Waals surface area contributed by atoms with E-state index in [4.69, 9.17) is 0 Å². The van der Waals surface area contributed by atoms with E-state index in [0.717, 1.165) is 29.7 Å². The summed E-state index contributed by atoms with van der Waals surface area (Å²) in [5.41, 5.74) is 1.74. The Hall–Kier alpha value is -3.02. The predicted octanol–water partition coefficient (Wildman–Crippen LogP) is 4.06. The lowest BCUT2D eigenvalue weighted by Crippen LogP contribution is -2.47. The molecule has 3 aromatic carbocycles. The average molecular weight is 433 g/mol. The number of nitrogens with zero attached hydrogens (tertiary/aromatic N) is 1. The predicted molar refractivity (Wildman–Crippen MR) is 124 cm³/mol. The quantitative estimate of drug-likeness (QED) is 0.592. The van der Waals surface area contributed by atoms with Crippen LogP contribution in [0, 0.1) is 5.82 Å². The molecule has 4 nitrogen and oxygen atoms in total. The van der Waals surface area contributed by atoms with Crippen molar-refractivity contribution in [1.29, 1.82) is 0 Å². The number of carbonyl (C=O) groups is 1. The Balaban J connectivity index is 1.67. The summed E-state index contributed by atoms with van der Waals surface area (Å²) in [6.07, 6.45) is 0.369. The fourth-order valence-electron chi connectivity index (χ4n) is 4.44. The van der Waals surface area contributed by atoms with Crippen LogP contribution in [0.1, 0.15) is 36.1 Å². The van der Waals surface area contributed by atoms with Crippen LogP contribution in [0.15, 0.2) is 84.9 Å². The number of rotatable bonds is 7. The molecule has 32 heavy (non-hydrogen) atoms. The molecule has 0 aromatic heterocycles. The van der Waals surface area contributed by atoms with E-state index in [-0.39, 0.29) is 23.9 Å². The van der Waals surface area contributed by atoms with Gasteiger partial charge in [-0.1, -0.05) is 72.8 Å². The molecule has 0 aliphatic carbocycles. The highest BCUT2D eigenvalue weighted by Gasteiger charge is 2.38. The van der Waals surface area contributed by atoms with Crippen LogP contribution in [-0.2, 0) is 10.2 Å². The normalized spacial score (nSPS) is 17.8. The summed E-state index contributed by atoms with van der Waals surface area (Å²) in [5.74, 6) is -0.433. The Morgan fingerprint density at radius 2 is 1.59 bits per heavy atom. The molecule has 1 unspecified atom stereocenters. The first kappa shape index (κ1) is 22.2. The average Bonchev–Trinajstić information content (AvgIpc) is 3.24. The number of amides is 1. The number of benzene rings is 3. The Morgan fingerprint density at radius 3 is 2.09 bits per heavy atom. The molecule has 1 heterocycles. The van der Waals surface area contributed by atoms with Gasteiger partial charge in [-0.15, -0.1) is 0 Å². The Bertz CT molecular complexity index is 985. The molecule has 166 valence electrons. The lowest BCUT2D eigenvalue weighted by atomic mass is 9.75. The standard InChI is InChI=1S/C27H29FN2O2/c1-27(21-8-4-2-5-9-21,22-10-6-3-7-11-22)26(32)29-25(19-30-17-16-24(31)18-30)20-12-14-23(28)15-13-20/h2-15,24-25,31H,16-19H2,1H3,(H,29,32)/t24?,25-/m1/s1. The number of aliphatic hydroxyl groups excluding tert-OH is 1. The number of hydrogen-bond acceptors (Lipinski definition) is 3. The second kappa shape index (κ2) is 9.63. The van der Waals surface area contributed by atoms with E-state index >= 15 is 0 Å². The van der Waals surface area contributed by atoms with Gasteiger partial charge in [-0.2, -0.15) is 0 Å². The molecular weight excluding hydrogens is 403 g/mol. The van der Waals surface area contributed by atoms with Crippen molar-refractivity contribution in [3.05, 3.63) is 107 Å². The van der Waals surface area contributed by atoms with Gasteiger partial charge in [0, 0.05) is 19.6 Å². The molecule has 4 rings (SSSR count). The molecular formula is C27H29FN2O2. The third-order valence-corrected chi connectivity index (χ3v) is 6.42. The summed E-state index contributed by atoms with van der Waals surface area (Å²) >= 11 is 0. The number of likely N-dealkylation sites (tertiary alicyclic amines) is 1. The molecule has 2 atom stereocenters. The number of halogens is 1. The minimum absolute atomic E-state index is 0.121. The largest absolute Gasteiger partial charge is 0.392 e. The number of aliphatic hydroxyl groups is 1. The molecule has 0 radical (unpaired) electrons. The lowest BCUT2D eigenvalue weighted by molar-refractivity contribution is -0.125. The van der Waals surface area contributed by atoms with Crippen LogP contribution in [-0.4, -0.2) is 41.7 Å². The van der Waals surface area contributed by atoms with Crippen molar-refractivity contribution in [3.63, 3.8) is 0 Å². The smallest absolute Gasteiger partial charge is 0.235 e. The van der Waals surface area contributed by atoms with E-state index in [1.807, 2.05) is 67.6 Å². The van der Waals surface area contributed by atoms with E-state index in [0.29, 0.717) is 13.1 Å². The van der Waals surface area contributed by atoms with Gasteiger partial charge in [-0.05, 0) is 42.2 Å². The second-order valence-electron chi connectivity index (χ2n) is 8.64. The van der Waals surface area contributed by atoms with Crippen molar-refractivity contribution < 1.29 is 14.3 Å². The first-order valence-corrected chi connectivity index (χ1v) is 11.0. The van der Waals surface area contributed by atoms with Gasteiger partial charge in [0.15, 0.2) is 0 Å². The van der Waals surface area contributed by atoms with Crippen LogP contribution in [0.4, 0.5) is 4.39 Å². The molecule has 1 aliphatic rings. The Morgan fingerprint density at radius 1 is 1.03 bits per heavy atom. The first-order chi connectivity index (χ1) is 15.5. The van der Waals surface area contributed by atoms with E-state index in [1.54, 1.807) is 12.1 Å². The molecule has 1 fully saturated rings. The minimum atomic E-state index is -0.897. The summed E-state index contributed by atoms with van der Waals surface area (Å²) in [7, 11) is 0. The fourth-order valence-corrected chi connectivity index (χ4v) is 4.44. The number of β-amino-alcohol motifs (C(OH)–C–C–N with tert-alkyl or cyclic N) is 1. The molecule has 2 N–H and O–H groups in total. The highest BCUT2D eigenvalue weighted by atomic mass is 19.1. The van der Waals surface area contributed by atoms with Crippen molar-refractivity contribution in [3.8, 4) is 0 Å². The Kier molecular flexibility index (Phi) is 6.68. The van der Waals surface area contributed by atoms with Crippen molar-refractivity contribution in [2.45, 2.75) is 30.9 Å². The van der Waals surface area contributed by atoms with E-state index in [9.17, 15) is 14.3 Å². The molecule has 1 saturated heterocycles. The van der Waals surface area contributed by atoms with E-state index < -0.39 is 5.41 Å². The molecule has 0 bridgehead atoms. The van der Waals surface area contributed by atoms with Gasteiger partial charge in [-0.3, -0.25) is 9.69 Å². The zero-order chi connectivity index (χ0) is 22.6. The topological polar surface area (TPSA) is 52.6 Å². The van der Waals surface area contributed by atoms with Crippen LogP contribution in [0.2, 0.25) is 0 Å². The third-order valence-electron chi connectivity index (χ3n) is 6.42. The summed E-state index contributed by atoms with van der Waals surface area (Å²) in [6, 6.07) is 25.4. The monoisotopic (exact) mass is 432 g/mol. The first-order valence-electron chi connectivity index (χ1n) is 11.0. The minimum Gasteiger partial charge on any atom is -0.392 e. The Labute approximate surface area is 188 Å². The molecule has 1 aliphatic heterocycles. The van der Waals surface area contributed by atoms with Crippen molar-refractivity contribution in [1.82, 2.24) is 10.2 Å². The number of nitrogens with one attached hydrogen (secondary N) is 1. The van der Waals surface area contributed by atoms with Gasteiger partial charge >= 0.3 is 0 Å². The maximum absolute atomic E-state index is 13.9. The van der Waals surface area contributed by atoms with Gasteiger partial charge in [-0.25, -0.2) is 4.39 Å². The van der Waals surface area contributed by atoms with E-state index in [1.165, 1.54) is 12.1 Å². The molecule has 3 aromatic rings. The van der Waals surface area contributed by atoms with Gasteiger partial charge < -0.3 is 10.4 Å². The van der Waals surface area contributed by atoms with Gasteiger partial charge in [0.2, 0.25) is 5.91 Å². The zero-order valence-electron chi connectivity index (χ0n) is 18.2. The van der Waals surface area contributed by atoms with Crippen molar-refractivity contribution in [2.75, 3.05) is 19.6 Å².